The number of carbonyl (C=O) groups is 12. The predicted octanol–water partition coefficient (Wildman–Crippen LogP) is -3.25. The molecule has 518 valence electrons. The van der Waals surface area contributed by atoms with Crippen molar-refractivity contribution in [1.29, 1.82) is 0 Å². The molecule has 31 nitrogen and oxygen atoms in total. The Morgan fingerprint density at radius 3 is 1.27 bits per heavy atom. The lowest BCUT2D eigenvalue weighted by molar-refractivity contribution is -0.142. The van der Waals surface area contributed by atoms with E-state index in [0.29, 0.717) is 48.2 Å². The van der Waals surface area contributed by atoms with Crippen LogP contribution in [-0.2, 0) is 83.2 Å². The number of rotatable bonds is 41. The van der Waals surface area contributed by atoms with E-state index in [1.54, 1.807) is 88.4 Å². The zero-order chi connectivity index (χ0) is 70.3. The molecular weight excluding hydrogens is 1230 g/mol. The van der Waals surface area contributed by atoms with E-state index in [-0.39, 0.29) is 44.3 Å². The Labute approximate surface area is 549 Å². The van der Waals surface area contributed by atoms with Crippen molar-refractivity contribution in [3.63, 3.8) is 0 Å². The van der Waals surface area contributed by atoms with Crippen molar-refractivity contribution in [3.8, 4) is 5.75 Å². The van der Waals surface area contributed by atoms with Crippen LogP contribution >= 0.6 is 0 Å². The number of benzene rings is 3. The van der Waals surface area contributed by atoms with Gasteiger partial charge in [0.05, 0.1) is 32.0 Å². The van der Waals surface area contributed by atoms with Gasteiger partial charge in [-0.15, -0.1) is 0 Å². The Morgan fingerprint density at radius 1 is 0.484 bits per heavy atom. The molecule has 0 radical (unpaired) electrons. The van der Waals surface area contributed by atoms with E-state index in [1.807, 2.05) is 0 Å². The smallest absolute Gasteiger partial charge is 0.325 e. The molecule has 4 aromatic rings. The van der Waals surface area contributed by atoms with E-state index in [1.165, 1.54) is 43.7 Å². The average Bonchev–Trinajstić information content (AvgIpc) is 0.965. The minimum absolute atomic E-state index is 0.138. The third-order valence-corrected chi connectivity index (χ3v) is 15.7. The minimum atomic E-state index is -1.88. The van der Waals surface area contributed by atoms with E-state index >= 15 is 0 Å². The van der Waals surface area contributed by atoms with Crippen LogP contribution < -0.4 is 70.4 Å². The van der Waals surface area contributed by atoms with Crippen molar-refractivity contribution in [2.45, 2.75) is 165 Å². The number of primary amides is 1. The molecule has 95 heavy (non-hydrogen) atoms. The van der Waals surface area contributed by atoms with Gasteiger partial charge in [0.25, 0.3) is 0 Å². The number of aromatic nitrogens is 2. The van der Waals surface area contributed by atoms with Crippen molar-refractivity contribution in [2.24, 2.45) is 29.0 Å². The summed E-state index contributed by atoms with van der Waals surface area (Å²) in [6, 6.07) is 5.95. The molecule has 3 aromatic carbocycles. The third-order valence-electron chi connectivity index (χ3n) is 15.7. The van der Waals surface area contributed by atoms with E-state index in [2.05, 4.69) is 63.1 Å². The highest BCUT2D eigenvalue weighted by Gasteiger charge is 2.38. The minimum Gasteiger partial charge on any atom is -0.508 e. The molecule has 0 aliphatic rings. The van der Waals surface area contributed by atoms with Crippen molar-refractivity contribution in [1.82, 2.24) is 63.1 Å². The third kappa shape index (κ3) is 25.9. The fraction of sp³-hybridized carbons (Fsp3) is 0.484. The van der Waals surface area contributed by atoms with Crippen LogP contribution in [0, 0.1) is 11.8 Å². The Balaban J connectivity index is 1.59. The number of carboxylic acids is 1. The molecule has 13 atom stereocenters. The number of carboxylic acid groups (broad SMARTS) is 1. The summed E-state index contributed by atoms with van der Waals surface area (Å²) in [6.07, 6.45) is 3.06. The van der Waals surface area contributed by atoms with Crippen LogP contribution in [0.5, 0.6) is 5.75 Å². The van der Waals surface area contributed by atoms with Crippen molar-refractivity contribution in [2.75, 3.05) is 19.8 Å². The van der Waals surface area contributed by atoms with Gasteiger partial charge in [0.2, 0.25) is 65.0 Å². The summed E-state index contributed by atoms with van der Waals surface area (Å²) in [6.45, 7) is 6.12. The Kier molecular flexibility index (Phi) is 32.4. The Morgan fingerprint density at radius 2 is 0.863 bits per heavy atom. The fourth-order valence-corrected chi connectivity index (χ4v) is 9.64. The molecule has 0 fully saturated rings. The summed E-state index contributed by atoms with van der Waals surface area (Å²) in [5.74, 6) is -13.4. The number of nitrogens with two attached hydrogens (primary N) is 3. The van der Waals surface area contributed by atoms with Crippen molar-refractivity contribution in [3.05, 3.63) is 120 Å². The van der Waals surface area contributed by atoms with Crippen LogP contribution in [0.15, 0.2) is 97.5 Å². The topological polar surface area (TPSA) is 513 Å². The number of phenolic OH excluding ortho intramolecular Hbond substituents is 1. The van der Waals surface area contributed by atoms with Gasteiger partial charge in [-0.1, -0.05) is 120 Å². The fourth-order valence-electron chi connectivity index (χ4n) is 9.64. The number of aliphatic hydroxyl groups is 2. The van der Waals surface area contributed by atoms with Crippen LogP contribution in [-0.4, -0.2) is 188 Å². The highest BCUT2D eigenvalue weighted by molar-refractivity contribution is 6.00. The van der Waals surface area contributed by atoms with Gasteiger partial charge in [-0.25, -0.2) is 4.98 Å². The monoisotopic (exact) mass is 1330 g/mol. The second-order valence-corrected chi connectivity index (χ2v) is 23.2. The maximum atomic E-state index is 14.8. The van der Waals surface area contributed by atoms with Gasteiger partial charge in [0, 0.05) is 37.6 Å². The Bertz CT molecular complexity index is 3180. The molecule has 1 heterocycles. The Hall–Kier alpha value is -9.85. The first-order valence-electron chi connectivity index (χ1n) is 31.3. The highest BCUT2D eigenvalue weighted by atomic mass is 16.4. The number of imidazole rings is 1. The van der Waals surface area contributed by atoms with E-state index < -0.39 is 169 Å². The molecule has 11 amide bonds. The molecule has 1 aromatic heterocycles. The number of aromatic hydroxyl groups is 1. The van der Waals surface area contributed by atoms with Crippen LogP contribution in [0.3, 0.4) is 0 Å². The van der Waals surface area contributed by atoms with E-state index in [0.717, 1.165) is 0 Å². The van der Waals surface area contributed by atoms with Crippen LogP contribution in [0.1, 0.15) is 95.5 Å². The van der Waals surface area contributed by atoms with Crippen LogP contribution in [0.4, 0.5) is 0 Å². The molecule has 0 saturated carbocycles. The summed E-state index contributed by atoms with van der Waals surface area (Å²) in [5, 5.41) is 65.6. The number of carbonyl (C=O) groups excluding carboxylic acids is 11. The number of hydrogen-bond donors (Lipinski definition) is 18. The molecule has 21 N–H and O–H groups in total. The van der Waals surface area contributed by atoms with Gasteiger partial charge in [0.1, 0.15) is 66.2 Å². The zero-order valence-electron chi connectivity index (χ0n) is 53.8. The molecule has 0 aliphatic carbocycles. The van der Waals surface area contributed by atoms with Crippen molar-refractivity contribution >= 4 is 70.9 Å². The van der Waals surface area contributed by atoms with Gasteiger partial charge in [-0.2, -0.15) is 0 Å². The summed E-state index contributed by atoms with van der Waals surface area (Å²) in [7, 11) is 0. The highest BCUT2D eigenvalue weighted by Crippen LogP contribution is 2.16. The predicted molar refractivity (Wildman–Crippen MR) is 345 cm³/mol. The van der Waals surface area contributed by atoms with Crippen LogP contribution in [0.25, 0.3) is 0 Å². The number of H-pyrrole nitrogens is 1. The maximum absolute atomic E-state index is 14.8. The number of nitrogens with zero attached hydrogens (tertiary/aromatic N) is 1. The quantitative estimate of drug-likeness (QED) is 0.0194. The first-order valence-corrected chi connectivity index (χ1v) is 31.3. The summed E-state index contributed by atoms with van der Waals surface area (Å²) < 4.78 is 0. The number of aliphatic hydroxyl groups excluding tert-OH is 2. The summed E-state index contributed by atoms with van der Waals surface area (Å²) in [5.41, 5.74) is 18.9. The van der Waals surface area contributed by atoms with Gasteiger partial charge in [-0.05, 0) is 67.0 Å². The van der Waals surface area contributed by atoms with E-state index in [4.69, 9.17) is 17.2 Å². The number of phenols is 1. The number of nitrogens with one attached hydrogen (secondary N) is 11. The maximum Gasteiger partial charge on any atom is 0.325 e. The standard InChI is InChI=1S/C64H91N15O16/c1-6-35(3)52(63(93)75-47(29-41-31-68-34-69-41)55(85)70-37(5)64(94)95)78-59(89)46(27-39-18-12-9-13-19-39)73-56(86)45(26-38-16-10-8-11-17-38)74-62(92)53(36(4)7-2)79-61(91)50(33-81)77-60(90)49(32-80)76-57(87)44(28-40-21-23-42(82)24-22-40)72-58(88)48(30-51(67)83)71-54(84)43(66)20-14-15-25-65/h8-13,16-19,21-24,31,34-37,43-50,52-53,80-82H,6-7,14-15,20,25-30,32-33,65-66H2,1-5H3,(H2,67,83)(H,68,69)(H,70,85)(H,71,84)(H,72,88)(H,73,86)(H,74,92)(H,75,93)(H,76,87)(H,77,90)(H,78,89)(H,79,91)(H,94,95)/t35-,36-,37-,43-,44-,45-,46-,47-,48-,49-,50-,52-,53-/m0/s1. The van der Waals surface area contributed by atoms with Gasteiger partial charge < -0.3 is 95.8 Å². The number of aliphatic carboxylic acids is 1. The zero-order valence-corrected chi connectivity index (χ0v) is 53.8. The number of unbranched alkanes of at least 4 members (excludes halogenated alkanes) is 1. The second kappa shape index (κ2) is 39.6. The molecule has 0 saturated heterocycles. The van der Waals surface area contributed by atoms with Gasteiger partial charge in [-0.3, -0.25) is 57.5 Å². The molecule has 0 spiro atoms. The molecule has 0 bridgehead atoms. The molecule has 4 rings (SSSR count). The summed E-state index contributed by atoms with van der Waals surface area (Å²) in [4.78, 5) is 171. The number of aromatic amines is 1. The summed E-state index contributed by atoms with van der Waals surface area (Å²) >= 11 is 0. The molecular formula is C64H91N15O16. The normalized spacial score (nSPS) is 15.2. The van der Waals surface area contributed by atoms with Crippen LogP contribution in [0.2, 0.25) is 0 Å². The largest absolute Gasteiger partial charge is 0.508 e. The SMILES string of the molecule is CC[C@H](C)[C@H](NC(=O)[C@H](Cc1ccccc1)NC(=O)[C@H](Cc1ccccc1)NC(=O)[C@@H](NC(=O)[C@H](CO)NC(=O)[C@H](CO)NC(=O)[C@H](Cc1ccc(O)cc1)NC(=O)[C@H](CC(N)=O)NC(=O)[C@@H](N)CCCCN)[C@@H](C)CC)C(=O)N[C@@H](Cc1cnc[nH]1)C(=O)N[C@@H](C)C(=O)O. The molecule has 0 unspecified atom stereocenters. The first-order chi connectivity index (χ1) is 45.2. The van der Waals surface area contributed by atoms with Crippen molar-refractivity contribution < 1.29 is 78.0 Å². The van der Waals surface area contributed by atoms with Gasteiger partial charge >= 0.3 is 5.97 Å². The lowest BCUT2D eigenvalue weighted by atomic mass is 9.96. The van der Waals surface area contributed by atoms with E-state index in [9.17, 15) is 78.0 Å². The molecule has 0 aliphatic heterocycles. The van der Waals surface area contributed by atoms with Gasteiger partial charge in [0.15, 0.2) is 0 Å². The molecule has 31 heteroatoms. The number of amides is 11. The number of hydrogen-bond acceptors (Lipinski definition) is 18. The lowest BCUT2D eigenvalue weighted by Crippen LogP contribution is -2.63. The average molecular weight is 1330 g/mol. The first kappa shape index (κ1) is 77.6. The second-order valence-electron chi connectivity index (χ2n) is 23.2. The lowest BCUT2D eigenvalue weighted by Gasteiger charge is -2.30.